The molecule has 1 unspecified atom stereocenters. The molecule has 150 valence electrons. The van der Waals surface area contributed by atoms with Crippen LogP contribution in [0.3, 0.4) is 0 Å². The van der Waals surface area contributed by atoms with E-state index in [1.54, 1.807) is 24.3 Å². The molecule has 2 aromatic carbocycles. The minimum Gasteiger partial charge on any atom is -0.340 e. The van der Waals surface area contributed by atoms with Crippen molar-refractivity contribution in [2.75, 3.05) is 5.32 Å². The number of anilines is 1. The fraction of sp³-hybridized carbons (Fsp3) is 0.333. The van der Waals surface area contributed by atoms with Gasteiger partial charge in [0.1, 0.15) is 6.04 Å². The molecule has 2 aromatic rings. The molecule has 0 aliphatic carbocycles. The summed E-state index contributed by atoms with van der Waals surface area (Å²) in [7, 11) is 0. The van der Waals surface area contributed by atoms with Crippen molar-refractivity contribution in [3.63, 3.8) is 0 Å². The number of carbonyl (C=O) groups excluding carboxylic acids is 2. The van der Waals surface area contributed by atoms with Crippen LogP contribution in [0.1, 0.15) is 36.2 Å². The molecule has 0 saturated heterocycles. The van der Waals surface area contributed by atoms with Gasteiger partial charge in [0.05, 0.1) is 0 Å². The highest BCUT2D eigenvalue weighted by atomic mass is 32.2. The summed E-state index contributed by atoms with van der Waals surface area (Å²) < 4.78 is 24.8. The van der Waals surface area contributed by atoms with E-state index >= 15 is 0 Å². The average molecular weight is 406 g/mol. The highest BCUT2D eigenvalue weighted by Gasteiger charge is 2.23. The lowest BCUT2D eigenvalue weighted by Crippen LogP contribution is -2.44. The van der Waals surface area contributed by atoms with Crippen molar-refractivity contribution in [3.05, 3.63) is 59.7 Å². The maximum absolute atomic E-state index is 12.7. The maximum Gasteiger partial charge on any atom is 0.288 e. The van der Waals surface area contributed by atoms with Crippen LogP contribution in [0.2, 0.25) is 0 Å². The molecule has 0 spiro atoms. The Kier molecular flexibility index (Phi) is 7.99. The van der Waals surface area contributed by atoms with Crippen LogP contribution < -0.4 is 10.6 Å². The molecule has 0 saturated carbocycles. The summed E-state index contributed by atoms with van der Waals surface area (Å²) >= 11 is 0.445. The standard InChI is InChI=1S/C21H24F2N2O2S/c1-13(2)12-18(25-19(26)17-7-5-4-6-14(17)3)20(27)24-15-8-10-16(11-9-15)28-21(22)23/h4-11,13,18,21H,12H2,1-3H3,(H,24,27)(H,25,26). The summed E-state index contributed by atoms with van der Waals surface area (Å²) in [5, 5.41) is 5.56. The molecule has 4 nitrogen and oxygen atoms in total. The van der Waals surface area contributed by atoms with E-state index in [1.165, 1.54) is 12.1 Å². The minimum atomic E-state index is -2.49. The van der Waals surface area contributed by atoms with Crippen LogP contribution >= 0.6 is 11.8 Å². The van der Waals surface area contributed by atoms with Crippen LogP contribution in [0.25, 0.3) is 0 Å². The molecular weight excluding hydrogens is 382 g/mol. The minimum absolute atomic E-state index is 0.192. The normalized spacial score (nSPS) is 12.1. The van der Waals surface area contributed by atoms with Gasteiger partial charge in [-0.25, -0.2) is 0 Å². The first-order valence-electron chi connectivity index (χ1n) is 8.98. The lowest BCUT2D eigenvalue weighted by molar-refractivity contribution is -0.118. The Morgan fingerprint density at radius 3 is 2.25 bits per heavy atom. The molecule has 0 bridgehead atoms. The second kappa shape index (κ2) is 10.2. The van der Waals surface area contributed by atoms with Crippen LogP contribution in [0.15, 0.2) is 53.4 Å². The SMILES string of the molecule is Cc1ccccc1C(=O)NC(CC(C)C)C(=O)Nc1ccc(SC(F)F)cc1. The second-order valence-corrected chi connectivity index (χ2v) is 7.93. The monoisotopic (exact) mass is 406 g/mol. The van der Waals surface area contributed by atoms with Gasteiger partial charge in [-0.15, -0.1) is 0 Å². The Balaban J connectivity index is 2.08. The van der Waals surface area contributed by atoms with E-state index in [4.69, 9.17) is 0 Å². The molecule has 0 fully saturated rings. The van der Waals surface area contributed by atoms with E-state index < -0.39 is 11.8 Å². The number of benzene rings is 2. The molecule has 2 N–H and O–H groups in total. The van der Waals surface area contributed by atoms with E-state index in [-0.39, 0.29) is 17.7 Å². The molecular formula is C21H24F2N2O2S. The zero-order chi connectivity index (χ0) is 20.7. The number of amides is 2. The maximum atomic E-state index is 12.7. The summed E-state index contributed by atoms with van der Waals surface area (Å²) in [5.41, 5.74) is 1.84. The predicted octanol–water partition coefficient (Wildman–Crippen LogP) is 5.09. The van der Waals surface area contributed by atoms with Gasteiger partial charge in [0.2, 0.25) is 5.91 Å². The lowest BCUT2D eigenvalue weighted by Gasteiger charge is -2.21. The number of halogens is 2. The topological polar surface area (TPSA) is 58.2 Å². The summed E-state index contributed by atoms with van der Waals surface area (Å²) in [6, 6.07) is 12.7. The molecule has 28 heavy (non-hydrogen) atoms. The molecule has 7 heteroatoms. The number of carbonyl (C=O) groups is 2. The van der Waals surface area contributed by atoms with Gasteiger partial charge in [-0.05, 0) is 55.2 Å². The van der Waals surface area contributed by atoms with Gasteiger partial charge < -0.3 is 10.6 Å². The summed E-state index contributed by atoms with van der Waals surface area (Å²) in [6.07, 6.45) is 0.475. The highest BCUT2D eigenvalue weighted by Crippen LogP contribution is 2.26. The van der Waals surface area contributed by atoms with Gasteiger partial charge in [0.25, 0.3) is 11.7 Å². The summed E-state index contributed by atoms with van der Waals surface area (Å²) in [5.74, 6) is -2.95. The zero-order valence-corrected chi connectivity index (χ0v) is 16.9. The molecule has 2 amide bonds. The van der Waals surface area contributed by atoms with Crippen LogP contribution in [0.4, 0.5) is 14.5 Å². The molecule has 0 aliphatic heterocycles. The van der Waals surface area contributed by atoms with Crippen LogP contribution in [0, 0.1) is 12.8 Å². The smallest absolute Gasteiger partial charge is 0.288 e. The largest absolute Gasteiger partial charge is 0.340 e. The number of rotatable bonds is 8. The van der Waals surface area contributed by atoms with E-state index in [0.717, 1.165) is 5.56 Å². The van der Waals surface area contributed by atoms with E-state index in [9.17, 15) is 18.4 Å². The van der Waals surface area contributed by atoms with Crippen molar-refractivity contribution in [1.82, 2.24) is 5.32 Å². The number of alkyl halides is 2. The van der Waals surface area contributed by atoms with E-state index in [0.29, 0.717) is 34.3 Å². The Morgan fingerprint density at radius 1 is 1.04 bits per heavy atom. The first-order chi connectivity index (χ1) is 13.3. The summed E-state index contributed by atoms with van der Waals surface area (Å²) in [6.45, 7) is 5.78. The van der Waals surface area contributed by atoms with Crippen molar-refractivity contribution >= 4 is 29.3 Å². The number of aryl methyl sites for hydroxylation is 1. The quantitative estimate of drug-likeness (QED) is 0.600. The van der Waals surface area contributed by atoms with Crippen molar-refractivity contribution < 1.29 is 18.4 Å². The Morgan fingerprint density at radius 2 is 1.68 bits per heavy atom. The summed E-state index contributed by atoms with van der Waals surface area (Å²) in [4.78, 5) is 25.7. The van der Waals surface area contributed by atoms with E-state index in [1.807, 2.05) is 32.9 Å². The predicted molar refractivity (Wildman–Crippen MR) is 109 cm³/mol. The second-order valence-electron chi connectivity index (χ2n) is 6.86. The zero-order valence-electron chi connectivity index (χ0n) is 16.0. The van der Waals surface area contributed by atoms with Gasteiger partial charge in [0.15, 0.2) is 0 Å². The van der Waals surface area contributed by atoms with E-state index in [2.05, 4.69) is 10.6 Å². The third-order valence-corrected chi connectivity index (χ3v) is 4.79. The fourth-order valence-corrected chi connectivity index (χ4v) is 3.21. The molecule has 1 atom stereocenters. The third-order valence-electron chi connectivity index (χ3n) is 4.07. The fourth-order valence-electron chi connectivity index (χ4n) is 2.72. The van der Waals surface area contributed by atoms with Gasteiger partial charge >= 0.3 is 0 Å². The first-order valence-corrected chi connectivity index (χ1v) is 9.86. The number of hydrogen-bond acceptors (Lipinski definition) is 3. The molecule has 0 aromatic heterocycles. The Labute approximate surface area is 168 Å². The van der Waals surface area contributed by atoms with Crippen molar-refractivity contribution in [3.8, 4) is 0 Å². The van der Waals surface area contributed by atoms with Crippen molar-refractivity contribution in [2.45, 2.75) is 43.9 Å². The van der Waals surface area contributed by atoms with Gasteiger partial charge in [0, 0.05) is 16.1 Å². The van der Waals surface area contributed by atoms with Gasteiger partial charge in [-0.3, -0.25) is 9.59 Å². The van der Waals surface area contributed by atoms with Crippen molar-refractivity contribution in [1.29, 1.82) is 0 Å². The number of thioether (sulfide) groups is 1. The molecule has 0 aliphatic rings. The Hall–Kier alpha value is -2.41. The lowest BCUT2D eigenvalue weighted by atomic mass is 10.0. The highest BCUT2D eigenvalue weighted by molar-refractivity contribution is 7.99. The third kappa shape index (κ3) is 6.64. The van der Waals surface area contributed by atoms with Crippen molar-refractivity contribution in [2.24, 2.45) is 5.92 Å². The molecule has 0 heterocycles. The van der Waals surface area contributed by atoms with Crippen LogP contribution in [-0.4, -0.2) is 23.6 Å². The first kappa shape index (κ1) is 21.9. The molecule has 2 rings (SSSR count). The van der Waals surface area contributed by atoms with Crippen LogP contribution in [-0.2, 0) is 4.79 Å². The Bertz CT molecular complexity index is 810. The number of hydrogen-bond donors (Lipinski definition) is 2. The van der Waals surface area contributed by atoms with Gasteiger partial charge in [-0.2, -0.15) is 8.78 Å². The van der Waals surface area contributed by atoms with Crippen LogP contribution in [0.5, 0.6) is 0 Å². The average Bonchev–Trinajstić information content (AvgIpc) is 2.62. The molecule has 0 radical (unpaired) electrons. The van der Waals surface area contributed by atoms with Gasteiger partial charge in [-0.1, -0.05) is 43.8 Å². The number of nitrogens with one attached hydrogen (secondary N) is 2.